The number of ether oxygens (including phenoxy) is 2. The first-order chi connectivity index (χ1) is 9.68. The van der Waals surface area contributed by atoms with Gasteiger partial charge in [-0.15, -0.1) is 0 Å². The van der Waals surface area contributed by atoms with Crippen LogP contribution in [0.1, 0.15) is 17.4 Å². The van der Waals surface area contributed by atoms with E-state index in [-0.39, 0.29) is 16.9 Å². The zero-order valence-corrected chi connectivity index (χ0v) is 11.5. The molecule has 0 fully saturated rings. The van der Waals surface area contributed by atoms with Crippen molar-refractivity contribution in [2.24, 2.45) is 0 Å². The summed E-state index contributed by atoms with van der Waals surface area (Å²) in [6, 6.07) is 5.37. The minimum atomic E-state index is -3.24. The molecule has 0 unspecified atom stereocenters. The van der Waals surface area contributed by atoms with Crippen molar-refractivity contribution in [3.8, 4) is 0 Å². The lowest BCUT2D eigenvalue weighted by Gasteiger charge is -2.39. The number of carbonyl (C=O) groups excluding carboxylic acids is 1. The summed E-state index contributed by atoms with van der Waals surface area (Å²) in [7, 11) is 7.74. The van der Waals surface area contributed by atoms with Crippen LogP contribution in [0, 0.1) is 0 Å². The van der Waals surface area contributed by atoms with E-state index in [0.29, 0.717) is 5.56 Å². The maximum Gasteiger partial charge on any atom is 0.280 e. The van der Waals surface area contributed by atoms with Gasteiger partial charge in [-0.3, -0.25) is 4.79 Å². The van der Waals surface area contributed by atoms with Crippen LogP contribution in [0.15, 0.2) is 24.3 Å². The Morgan fingerprint density at radius 2 is 1.62 bits per heavy atom. The average Bonchev–Trinajstić information content (AvgIpc) is 2.39. The smallest absolute Gasteiger partial charge is 0.280 e. The molecule has 9 heteroatoms. The highest BCUT2D eigenvalue weighted by atomic mass is 16.7. The van der Waals surface area contributed by atoms with Crippen LogP contribution < -0.4 is 0 Å². The van der Waals surface area contributed by atoms with Gasteiger partial charge in [0.1, 0.15) is 0 Å². The maximum atomic E-state index is 10.8. The van der Waals surface area contributed by atoms with Crippen LogP contribution >= 0.6 is 0 Å². The summed E-state index contributed by atoms with van der Waals surface area (Å²) in [4.78, 5) is 10.6. The monoisotopic (exact) mass is 297 g/mol. The summed E-state index contributed by atoms with van der Waals surface area (Å²) in [5.41, 5.74) is 0.353. The van der Waals surface area contributed by atoms with Crippen molar-refractivity contribution in [2.45, 2.75) is 18.0 Å². The van der Waals surface area contributed by atoms with E-state index in [2.05, 4.69) is 0 Å². The highest BCUT2D eigenvalue weighted by Gasteiger charge is 2.42. The Hall–Kier alpha value is -1.49. The molecule has 0 spiro atoms. The van der Waals surface area contributed by atoms with Gasteiger partial charge < -0.3 is 29.9 Å². The molecule has 1 aromatic carbocycles. The first-order valence-corrected chi connectivity index (χ1v) is 5.77. The Balaban J connectivity index is 3.12. The number of carbonyl (C=O) groups is 1. The highest BCUT2D eigenvalue weighted by molar-refractivity contribution is 6.13. The van der Waals surface area contributed by atoms with Crippen LogP contribution in [0.3, 0.4) is 0 Å². The Kier molecular flexibility index (Phi) is 5.45. The number of rotatable bonds is 7. The summed E-state index contributed by atoms with van der Waals surface area (Å²) in [6.45, 7) is 0. The zero-order valence-electron chi connectivity index (χ0n) is 11.5. The Bertz CT molecular complexity index is 467. The van der Waals surface area contributed by atoms with Crippen molar-refractivity contribution in [3.05, 3.63) is 35.4 Å². The van der Waals surface area contributed by atoms with E-state index in [1.165, 1.54) is 38.5 Å². The highest BCUT2D eigenvalue weighted by Crippen LogP contribution is 2.27. The third kappa shape index (κ3) is 3.79. The van der Waals surface area contributed by atoms with Gasteiger partial charge in [-0.25, -0.2) is 4.90 Å². The van der Waals surface area contributed by atoms with Crippen LogP contribution in [0.25, 0.3) is 0 Å². The first kappa shape index (κ1) is 17.6. The van der Waals surface area contributed by atoms with Crippen molar-refractivity contribution in [1.82, 2.24) is 4.90 Å². The predicted molar refractivity (Wildman–Crippen MR) is 70.1 cm³/mol. The quantitative estimate of drug-likeness (QED) is 0.269. The summed E-state index contributed by atoms with van der Waals surface area (Å²) in [6.07, 6.45) is -0.863. The van der Waals surface area contributed by atoms with Gasteiger partial charge in [-0.2, -0.15) is 0 Å². The predicted octanol–water partition coefficient (Wildman–Crippen LogP) is -1.70. The van der Waals surface area contributed by atoms with Gasteiger partial charge in [0.15, 0.2) is 19.9 Å². The number of amides is 1. The van der Waals surface area contributed by atoms with Crippen molar-refractivity contribution in [2.75, 3.05) is 14.2 Å². The lowest BCUT2D eigenvalue weighted by Crippen LogP contribution is -2.59. The van der Waals surface area contributed by atoms with Crippen molar-refractivity contribution >= 4 is 14.3 Å². The fourth-order valence-corrected chi connectivity index (χ4v) is 1.75. The lowest BCUT2D eigenvalue weighted by atomic mass is 9.99. The van der Waals surface area contributed by atoms with Gasteiger partial charge in [0.05, 0.1) is 0 Å². The van der Waals surface area contributed by atoms with Crippen molar-refractivity contribution in [1.29, 1.82) is 0 Å². The maximum absolute atomic E-state index is 10.8. The second-order valence-electron chi connectivity index (χ2n) is 4.22. The standard InChI is InChI=1S/C12H16BNO7/c1-20-10(21-2)8-3-5-9(6-4-8)11(16,17)14(7-15)12(13,18)19/h3-7,10,16-19H,1-2H3. The molecule has 0 aliphatic carbocycles. The number of hydrogen-bond donors (Lipinski definition) is 4. The Labute approximate surface area is 122 Å². The van der Waals surface area contributed by atoms with E-state index in [1.54, 1.807) is 0 Å². The van der Waals surface area contributed by atoms with Gasteiger partial charge >= 0.3 is 0 Å². The molecule has 0 saturated carbocycles. The molecule has 114 valence electrons. The Morgan fingerprint density at radius 1 is 1.14 bits per heavy atom. The van der Waals surface area contributed by atoms with Gasteiger partial charge in [0.25, 0.3) is 5.91 Å². The van der Waals surface area contributed by atoms with E-state index in [9.17, 15) is 15.0 Å². The largest absolute Gasteiger partial charge is 0.357 e. The van der Waals surface area contributed by atoms with Gasteiger partial charge in [-0.05, 0) is 0 Å². The molecule has 21 heavy (non-hydrogen) atoms. The molecule has 4 N–H and O–H groups in total. The molecular weight excluding hydrogens is 281 g/mol. The molecule has 0 aliphatic heterocycles. The number of benzene rings is 1. The Morgan fingerprint density at radius 3 is 1.95 bits per heavy atom. The summed E-state index contributed by atoms with van der Waals surface area (Å²) in [5.74, 6) is -6.26. The molecule has 0 heterocycles. The van der Waals surface area contributed by atoms with Crippen molar-refractivity contribution in [3.63, 3.8) is 0 Å². The molecule has 0 atom stereocenters. The van der Waals surface area contributed by atoms with Gasteiger partial charge in [0.2, 0.25) is 6.41 Å². The van der Waals surface area contributed by atoms with E-state index in [4.69, 9.17) is 27.5 Å². The van der Waals surface area contributed by atoms with E-state index >= 15 is 0 Å². The number of aliphatic hydroxyl groups is 4. The zero-order chi connectivity index (χ0) is 16.3. The summed E-state index contributed by atoms with van der Waals surface area (Å²) >= 11 is 0. The minimum Gasteiger partial charge on any atom is -0.357 e. The van der Waals surface area contributed by atoms with Gasteiger partial charge in [-0.1, -0.05) is 24.3 Å². The van der Waals surface area contributed by atoms with Gasteiger partial charge in [0, 0.05) is 25.3 Å². The third-order valence-electron chi connectivity index (χ3n) is 2.79. The fraction of sp³-hybridized carbons (Fsp3) is 0.417. The fourth-order valence-electron chi connectivity index (χ4n) is 1.75. The number of nitrogens with zero attached hydrogens (tertiary/aromatic N) is 1. The second-order valence-corrected chi connectivity index (χ2v) is 4.22. The molecule has 2 radical (unpaired) electrons. The van der Waals surface area contributed by atoms with Crippen molar-refractivity contribution < 1.29 is 34.7 Å². The molecule has 1 amide bonds. The molecule has 1 rings (SSSR count). The topological polar surface area (TPSA) is 120 Å². The van der Waals surface area contributed by atoms with Crippen LogP contribution in [0.4, 0.5) is 0 Å². The molecule has 0 aliphatic rings. The van der Waals surface area contributed by atoms with E-state index in [0.717, 1.165) is 0 Å². The summed E-state index contributed by atoms with van der Waals surface area (Å²) < 4.78 is 10.0. The van der Waals surface area contributed by atoms with Crippen LogP contribution in [0.2, 0.25) is 0 Å². The van der Waals surface area contributed by atoms with E-state index in [1.807, 2.05) is 0 Å². The normalized spacial score (nSPS) is 12.5. The molecule has 8 nitrogen and oxygen atoms in total. The van der Waals surface area contributed by atoms with Crippen LogP contribution in [0.5, 0.6) is 0 Å². The molecule has 0 saturated heterocycles. The minimum absolute atomic E-state index is 0.168. The second kappa shape index (κ2) is 6.52. The van der Waals surface area contributed by atoms with Crippen LogP contribution in [-0.4, -0.2) is 59.6 Å². The average molecular weight is 297 g/mol. The summed E-state index contributed by atoms with van der Waals surface area (Å²) in [5, 5.41) is 38.1. The molecular formula is C12H16BNO7. The van der Waals surface area contributed by atoms with E-state index < -0.39 is 18.0 Å². The molecule has 0 bridgehead atoms. The SMILES string of the molecule is [B]C(O)(O)N(C=O)C(O)(O)c1ccc(C(OC)OC)cc1. The molecule has 0 aromatic heterocycles. The third-order valence-corrected chi connectivity index (χ3v) is 2.79. The first-order valence-electron chi connectivity index (χ1n) is 5.77. The molecule has 1 aromatic rings. The number of hydrogen-bond acceptors (Lipinski definition) is 7. The lowest BCUT2D eigenvalue weighted by molar-refractivity contribution is -0.341. The van der Waals surface area contributed by atoms with Crippen LogP contribution in [-0.2, 0) is 20.2 Å². The number of methoxy groups -OCH3 is 2.